The Bertz CT molecular complexity index is 3720. The van der Waals surface area contributed by atoms with Gasteiger partial charge in [-0.25, -0.2) is 9.97 Å². The number of aliphatic carboxylic acids is 1. The number of carboxylic acid groups (broad SMARTS) is 1. The van der Waals surface area contributed by atoms with E-state index in [1.54, 1.807) is 20.8 Å². The van der Waals surface area contributed by atoms with Crippen molar-refractivity contribution in [3.63, 3.8) is 0 Å². The number of aromatic amines is 2. The average Bonchev–Trinajstić information content (AvgIpc) is 1.34. The van der Waals surface area contributed by atoms with Crippen molar-refractivity contribution >= 4 is 150 Å². The van der Waals surface area contributed by atoms with E-state index >= 15 is 0 Å². The number of fused-ring (bicyclic) bond motifs is 10. The van der Waals surface area contributed by atoms with Crippen LogP contribution in [0.15, 0.2) is 25.0 Å². The zero-order chi connectivity index (χ0) is 83.2. The summed E-state index contributed by atoms with van der Waals surface area (Å²) in [6.07, 6.45) is 3.06. The first-order chi connectivity index (χ1) is 53.7. The standard InChI is InChI=1S/C66H100N22O21S4/c1-5-6-9-35-54(97)79-38(19-49(68)91)57(100)80-39(17-33-21-70-29-72-33)65(108)88-15-8-11-48(88)64(107)77-36(12-13-51(93)94)55(98)78-37(16-31(2)3)56(99)84-43(52(69)95)25-110-112-28-46-62(105)83-42(24-90)59(102)81-40(18-34-22-71-30-73-34)66(109)87-14-7-10-47(87)63(106)74-32(4)53(96)85-45(61(104)82-41(23-89)58(101)76-35)27-113-111-26-44(60(103)86-46)75-50(92)20-67/h21-22,29-32,35-48,89-90H,5-20,23-28,67H2,1-4H3,(H2,68,91)(H2,69,95)(H,70,72)(H,71,73)(H,74,106)(H,75,92)(H,76,101)(H,77,107)(H,78,98)(H,79,97)(H,80,100)(H,81,102)(H,82,104)(H,83,105)(H,84,99)(H,85,96)(H,86,103)(H,93,94)/t32-,35-,36-,37-,38-,39-,40-,41-,42-,43-,44-,45-,46-,47-,48-/m0/s1. The lowest BCUT2D eigenvalue weighted by molar-refractivity contribution is -0.143. The van der Waals surface area contributed by atoms with Crippen LogP contribution >= 0.6 is 43.2 Å². The average molecular weight is 1670 g/mol. The maximum Gasteiger partial charge on any atom is 0.303 e. The molecule has 624 valence electrons. The molecule has 6 rings (SSSR count). The van der Waals surface area contributed by atoms with Crippen LogP contribution in [0.5, 0.6) is 0 Å². The third kappa shape index (κ3) is 28.6. The van der Waals surface area contributed by atoms with Gasteiger partial charge < -0.3 is 121 Å². The summed E-state index contributed by atoms with van der Waals surface area (Å²) in [5, 5.41) is 63.5. The van der Waals surface area contributed by atoms with Crippen LogP contribution in [0.2, 0.25) is 0 Å². The highest BCUT2D eigenvalue weighted by molar-refractivity contribution is 8.77. The number of carbonyl (C=O) groups is 18. The van der Waals surface area contributed by atoms with Crippen LogP contribution in [0.4, 0.5) is 0 Å². The van der Waals surface area contributed by atoms with Gasteiger partial charge in [-0.3, -0.25) is 86.3 Å². The highest BCUT2D eigenvalue weighted by Crippen LogP contribution is 2.27. The van der Waals surface area contributed by atoms with E-state index in [9.17, 15) is 102 Å². The lowest BCUT2D eigenvalue weighted by atomic mass is 10.0. The van der Waals surface area contributed by atoms with E-state index in [1.807, 2.05) is 0 Å². The predicted molar refractivity (Wildman–Crippen MR) is 407 cm³/mol. The van der Waals surface area contributed by atoms with Gasteiger partial charge in [0, 0.05) is 79.1 Å². The molecule has 6 heterocycles. The van der Waals surface area contributed by atoms with Gasteiger partial charge in [-0.2, -0.15) is 0 Å². The van der Waals surface area contributed by atoms with Crippen molar-refractivity contribution in [1.82, 2.24) is 98.9 Å². The predicted octanol–water partition coefficient (Wildman–Crippen LogP) is -8.58. The van der Waals surface area contributed by atoms with Crippen LogP contribution in [0.1, 0.15) is 110 Å². The number of aliphatic hydroxyl groups is 2. The van der Waals surface area contributed by atoms with Crippen molar-refractivity contribution in [3.05, 3.63) is 36.4 Å². The van der Waals surface area contributed by atoms with Gasteiger partial charge in [0.15, 0.2) is 0 Å². The molecule has 0 unspecified atom stereocenters. The topological polar surface area (TPSA) is 666 Å². The van der Waals surface area contributed by atoms with E-state index in [2.05, 4.69) is 89.1 Å². The lowest BCUT2D eigenvalue weighted by Gasteiger charge is -2.31. The summed E-state index contributed by atoms with van der Waals surface area (Å²) in [5.74, 6) is -21.5. The molecule has 15 atom stereocenters. The number of nitrogens with one attached hydrogen (secondary N) is 15. The van der Waals surface area contributed by atoms with Gasteiger partial charge in [0.1, 0.15) is 90.6 Å². The molecule has 0 aliphatic carbocycles. The second-order valence-corrected chi connectivity index (χ2v) is 32.6. The molecule has 43 nitrogen and oxygen atoms in total. The second kappa shape index (κ2) is 45.8. The van der Waals surface area contributed by atoms with Crippen LogP contribution in [0.25, 0.3) is 0 Å². The number of nitrogens with two attached hydrogens (primary N) is 3. The molecular formula is C66H100N22O21S4. The SMILES string of the molecule is CCCC[C@@H]1NC(=O)[C@H](CO)NC(=O)[C@@H]2CSSC[C@H](NC(=O)CN)C(=O)N[C@@H](CSSC[C@@H](C(N)=O)NC(=O)[C@H](CC(C)C)NC(=O)[C@H](CCC(=O)O)NC(=O)[C@@H]3CCCN3C(=O)[C@H](Cc3cnc[nH]3)NC(=O)[C@H](CC(N)=O)NC1=O)C(=O)N[C@@H](CO)C(=O)N[C@@H](Cc1cnc[nH]1)C(=O)N1CCC[C@H]1C(=O)N[C@@H](C)C(=O)N2. The van der Waals surface area contributed by atoms with Crippen molar-refractivity contribution in [3.8, 4) is 0 Å². The summed E-state index contributed by atoms with van der Waals surface area (Å²) in [7, 11) is 3.19. The molecule has 4 fully saturated rings. The number of H-pyrrole nitrogens is 2. The molecule has 0 saturated carbocycles. The molecule has 4 aliphatic rings. The van der Waals surface area contributed by atoms with Crippen molar-refractivity contribution in [1.29, 1.82) is 0 Å². The Morgan fingerprint density at radius 1 is 0.531 bits per heavy atom. The number of aromatic nitrogens is 4. The van der Waals surface area contributed by atoms with Gasteiger partial charge in [-0.05, 0) is 57.8 Å². The first-order valence-corrected chi connectivity index (χ1v) is 41.4. The Labute approximate surface area is 663 Å². The van der Waals surface area contributed by atoms with E-state index in [0.29, 0.717) is 12.1 Å². The minimum atomic E-state index is -1.94. The van der Waals surface area contributed by atoms with Crippen molar-refractivity contribution in [2.24, 2.45) is 23.1 Å². The molecular weight excluding hydrogens is 1570 g/mol. The van der Waals surface area contributed by atoms with Crippen LogP contribution in [0, 0.1) is 5.92 Å². The van der Waals surface area contributed by atoms with Crippen LogP contribution in [-0.2, 0) is 99.1 Å². The minimum Gasteiger partial charge on any atom is -0.481 e. The van der Waals surface area contributed by atoms with Crippen molar-refractivity contribution in [2.45, 2.75) is 202 Å². The third-order valence-electron chi connectivity index (χ3n) is 18.3. The van der Waals surface area contributed by atoms with E-state index < -0.39 is 259 Å². The smallest absolute Gasteiger partial charge is 0.303 e. The zero-order valence-electron chi connectivity index (χ0n) is 62.4. The van der Waals surface area contributed by atoms with Gasteiger partial charge in [-0.1, -0.05) is 76.8 Å². The van der Waals surface area contributed by atoms with Crippen LogP contribution in [-0.4, -0.2) is 298 Å². The van der Waals surface area contributed by atoms with Gasteiger partial charge in [-0.15, -0.1) is 0 Å². The Balaban J connectivity index is 1.45. The number of nitrogens with zero attached hydrogens (tertiary/aromatic N) is 4. The molecule has 17 amide bonds. The maximum absolute atomic E-state index is 14.9. The number of aliphatic hydroxyl groups excluding tert-OH is 2. The van der Waals surface area contributed by atoms with E-state index in [1.165, 1.54) is 32.0 Å². The summed E-state index contributed by atoms with van der Waals surface area (Å²) in [6, 6.07) is -24.6. The molecule has 4 aliphatic heterocycles. The molecule has 113 heavy (non-hydrogen) atoms. The second-order valence-electron chi connectivity index (χ2n) is 27.4. The maximum atomic E-state index is 14.9. The molecule has 2 aromatic heterocycles. The fourth-order valence-corrected chi connectivity index (χ4v) is 16.9. The Morgan fingerprint density at radius 2 is 0.965 bits per heavy atom. The summed E-state index contributed by atoms with van der Waals surface area (Å²) < 4.78 is 0. The largest absolute Gasteiger partial charge is 0.481 e. The molecule has 24 N–H and O–H groups in total. The first-order valence-electron chi connectivity index (χ1n) is 36.5. The minimum absolute atomic E-state index is 0.0424. The zero-order valence-corrected chi connectivity index (χ0v) is 65.7. The number of unbranched alkanes of at least 4 members (excludes halogenated alkanes) is 1. The number of carbonyl (C=O) groups excluding carboxylic acids is 17. The number of carboxylic acids is 1. The van der Waals surface area contributed by atoms with Crippen molar-refractivity contribution in [2.75, 3.05) is 55.9 Å². The number of imidazole rings is 2. The fourth-order valence-electron chi connectivity index (χ4n) is 12.2. The van der Waals surface area contributed by atoms with E-state index in [0.717, 1.165) is 53.0 Å². The highest BCUT2D eigenvalue weighted by atomic mass is 33.1. The number of hydrogen-bond acceptors (Lipinski definition) is 27. The monoisotopic (exact) mass is 1660 g/mol. The summed E-state index contributed by atoms with van der Waals surface area (Å²) >= 11 is 0. The summed E-state index contributed by atoms with van der Waals surface area (Å²) in [4.78, 5) is 270. The Kier molecular flexibility index (Phi) is 37.3. The van der Waals surface area contributed by atoms with Gasteiger partial charge in [0.25, 0.3) is 0 Å². The molecule has 47 heteroatoms. The first kappa shape index (κ1) is 92.0. The number of amides is 17. The van der Waals surface area contributed by atoms with E-state index in [4.69, 9.17) is 17.2 Å². The molecule has 0 radical (unpaired) electrons. The lowest BCUT2D eigenvalue weighted by Crippen LogP contribution is -2.61. The van der Waals surface area contributed by atoms with Gasteiger partial charge in [0.05, 0.1) is 38.8 Å². The molecule has 2 bridgehead atoms. The molecule has 0 aromatic carbocycles. The van der Waals surface area contributed by atoms with Crippen LogP contribution in [0.3, 0.4) is 0 Å². The normalized spacial score (nSPS) is 27.8. The van der Waals surface area contributed by atoms with Crippen molar-refractivity contribution < 1.29 is 102 Å². The quantitative estimate of drug-likeness (QED) is 0.0581. The summed E-state index contributed by atoms with van der Waals surface area (Å²) in [5.41, 5.74) is 17.7. The van der Waals surface area contributed by atoms with E-state index in [-0.39, 0.29) is 82.5 Å². The Morgan fingerprint density at radius 3 is 1.43 bits per heavy atom. The highest BCUT2D eigenvalue weighted by Gasteiger charge is 2.44. The third-order valence-corrected chi connectivity index (χ3v) is 23.1. The molecule has 0 spiro atoms. The van der Waals surface area contributed by atoms with Gasteiger partial charge >= 0.3 is 5.97 Å². The number of hydrogen-bond donors (Lipinski definition) is 21. The fraction of sp³-hybridized carbons (Fsp3) is 0.636. The molecule has 4 saturated heterocycles. The Hall–Kier alpha value is -9.84. The van der Waals surface area contributed by atoms with Crippen LogP contribution < -0.4 is 86.3 Å². The molecule has 2 aromatic rings. The van der Waals surface area contributed by atoms with Gasteiger partial charge in [0.2, 0.25) is 100 Å². The summed E-state index contributed by atoms with van der Waals surface area (Å²) in [6.45, 7) is 3.18. The number of primary amides is 2. The number of rotatable bonds is 19.